The number of aromatic nitrogens is 4. The molecule has 2 aromatic rings. The van der Waals surface area contributed by atoms with Crippen LogP contribution in [0.1, 0.15) is 0 Å². The molecule has 9 heteroatoms. The molecule has 0 aliphatic carbocycles. The fraction of sp³-hybridized carbons (Fsp3) is 0.286. The molecule has 0 saturated carbocycles. The molecular formula is C7H5ClF3N5. The molecule has 0 aromatic carbocycles. The Balaban J connectivity index is 2.32. The SMILES string of the molecule is FC(F)(F)CNc1nc(Cl)nc2[nH]ncc12. The van der Waals surface area contributed by atoms with Crippen LogP contribution in [0.3, 0.4) is 0 Å². The minimum absolute atomic E-state index is 0.000995. The number of H-pyrrole nitrogens is 1. The fourth-order valence-corrected chi connectivity index (χ4v) is 1.30. The van der Waals surface area contributed by atoms with Crippen LogP contribution in [-0.4, -0.2) is 32.9 Å². The second-order valence-electron chi connectivity index (χ2n) is 2.94. The first-order valence-electron chi connectivity index (χ1n) is 4.13. The van der Waals surface area contributed by atoms with Gasteiger partial charge >= 0.3 is 6.18 Å². The molecule has 0 aliphatic rings. The molecule has 0 atom stereocenters. The molecule has 5 nitrogen and oxygen atoms in total. The Morgan fingerprint density at radius 1 is 1.38 bits per heavy atom. The zero-order valence-corrected chi connectivity index (χ0v) is 8.39. The first-order valence-corrected chi connectivity index (χ1v) is 4.51. The van der Waals surface area contributed by atoms with E-state index in [1.807, 2.05) is 0 Å². The molecule has 0 fully saturated rings. The van der Waals surface area contributed by atoms with E-state index >= 15 is 0 Å². The van der Waals surface area contributed by atoms with Crippen molar-refractivity contribution in [1.29, 1.82) is 0 Å². The highest BCUT2D eigenvalue weighted by atomic mass is 35.5. The summed E-state index contributed by atoms with van der Waals surface area (Å²) in [5.41, 5.74) is 0.282. The Kier molecular flexibility index (Phi) is 2.58. The quantitative estimate of drug-likeness (QED) is 0.801. The summed E-state index contributed by atoms with van der Waals surface area (Å²) < 4.78 is 36.0. The number of nitrogens with one attached hydrogen (secondary N) is 2. The molecule has 0 aliphatic heterocycles. The number of rotatable bonds is 2. The van der Waals surface area contributed by atoms with Gasteiger partial charge < -0.3 is 5.32 Å². The smallest absolute Gasteiger partial charge is 0.360 e. The number of nitrogens with zero attached hydrogens (tertiary/aromatic N) is 3. The van der Waals surface area contributed by atoms with Crippen molar-refractivity contribution in [2.75, 3.05) is 11.9 Å². The maximum Gasteiger partial charge on any atom is 0.405 e. The van der Waals surface area contributed by atoms with Gasteiger partial charge in [-0.15, -0.1) is 0 Å². The normalized spacial score (nSPS) is 12.0. The van der Waals surface area contributed by atoms with Crippen LogP contribution in [0, 0.1) is 0 Å². The highest BCUT2D eigenvalue weighted by Gasteiger charge is 2.27. The van der Waals surface area contributed by atoms with Crippen LogP contribution in [0.5, 0.6) is 0 Å². The highest BCUT2D eigenvalue weighted by Crippen LogP contribution is 2.22. The fourth-order valence-electron chi connectivity index (χ4n) is 1.13. The van der Waals surface area contributed by atoms with E-state index in [0.29, 0.717) is 5.39 Å². The van der Waals surface area contributed by atoms with Crippen molar-refractivity contribution in [2.24, 2.45) is 0 Å². The van der Waals surface area contributed by atoms with E-state index in [-0.39, 0.29) is 16.7 Å². The second kappa shape index (κ2) is 3.78. The Bertz CT molecular complexity index is 508. The van der Waals surface area contributed by atoms with Gasteiger partial charge in [0, 0.05) is 0 Å². The van der Waals surface area contributed by atoms with Crippen molar-refractivity contribution >= 4 is 28.5 Å². The molecular weight excluding hydrogens is 247 g/mol. The minimum atomic E-state index is -4.33. The topological polar surface area (TPSA) is 66.5 Å². The maximum atomic E-state index is 12.0. The van der Waals surface area contributed by atoms with Crippen molar-refractivity contribution in [1.82, 2.24) is 20.2 Å². The molecule has 86 valence electrons. The first kappa shape index (κ1) is 10.9. The lowest BCUT2D eigenvalue weighted by Crippen LogP contribution is -2.22. The Morgan fingerprint density at radius 3 is 2.81 bits per heavy atom. The number of anilines is 1. The monoisotopic (exact) mass is 251 g/mol. The minimum Gasteiger partial charge on any atom is -0.360 e. The average molecular weight is 252 g/mol. The van der Waals surface area contributed by atoms with E-state index in [9.17, 15) is 13.2 Å². The predicted octanol–water partition coefficient (Wildman–Crippen LogP) is 1.98. The number of hydrogen-bond acceptors (Lipinski definition) is 4. The summed E-state index contributed by atoms with van der Waals surface area (Å²) in [5.74, 6) is 0.000995. The molecule has 0 spiro atoms. The highest BCUT2D eigenvalue weighted by molar-refractivity contribution is 6.28. The molecule has 0 bridgehead atoms. The van der Waals surface area contributed by atoms with Gasteiger partial charge in [0.1, 0.15) is 12.4 Å². The molecule has 2 rings (SSSR count). The largest absolute Gasteiger partial charge is 0.405 e. The first-order chi connectivity index (χ1) is 7.46. The third-order valence-corrected chi connectivity index (χ3v) is 1.91. The van der Waals surface area contributed by atoms with Crippen LogP contribution in [0.15, 0.2) is 6.20 Å². The van der Waals surface area contributed by atoms with Crippen molar-refractivity contribution in [3.8, 4) is 0 Å². The number of alkyl halides is 3. The summed E-state index contributed by atoms with van der Waals surface area (Å²) in [6.07, 6.45) is -3.00. The third-order valence-electron chi connectivity index (χ3n) is 1.74. The third kappa shape index (κ3) is 2.32. The van der Waals surface area contributed by atoms with Crippen molar-refractivity contribution in [3.63, 3.8) is 0 Å². The summed E-state index contributed by atoms with van der Waals surface area (Å²) in [6.45, 7) is -1.19. The summed E-state index contributed by atoms with van der Waals surface area (Å²) in [5, 5.41) is 8.47. The van der Waals surface area contributed by atoms with Crippen molar-refractivity contribution in [2.45, 2.75) is 6.18 Å². The van der Waals surface area contributed by atoms with Crippen molar-refractivity contribution < 1.29 is 13.2 Å². The standard InChI is InChI=1S/C7H5ClF3N5/c8-6-14-4(12-2-7(9,10)11)3-1-13-16-5(3)15-6/h1H,2H2,(H2,12,13,14,15,16). The molecule has 0 unspecified atom stereocenters. The van der Waals surface area contributed by atoms with Gasteiger partial charge in [-0.2, -0.15) is 28.2 Å². The van der Waals surface area contributed by atoms with Crippen molar-refractivity contribution in [3.05, 3.63) is 11.5 Å². The zero-order valence-electron chi connectivity index (χ0n) is 7.64. The van der Waals surface area contributed by atoms with Gasteiger partial charge in [0.25, 0.3) is 0 Å². The number of fused-ring (bicyclic) bond motifs is 1. The van der Waals surface area contributed by atoms with Gasteiger partial charge in [0.2, 0.25) is 5.28 Å². The van der Waals surface area contributed by atoms with E-state index in [4.69, 9.17) is 11.6 Å². The van der Waals surface area contributed by atoms with E-state index in [0.717, 1.165) is 0 Å². The average Bonchev–Trinajstić information content (AvgIpc) is 2.60. The van der Waals surface area contributed by atoms with Gasteiger partial charge in [0.15, 0.2) is 5.65 Å². The van der Waals surface area contributed by atoms with E-state index in [1.165, 1.54) is 6.20 Å². The lowest BCUT2D eigenvalue weighted by atomic mass is 10.4. The zero-order chi connectivity index (χ0) is 11.8. The number of hydrogen-bond donors (Lipinski definition) is 2. The molecule has 0 radical (unpaired) electrons. The lowest BCUT2D eigenvalue weighted by Gasteiger charge is -2.09. The summed E-state index contributed by atoms with van der Waals surface area (Å²) in [4.78, 5) is 7.42. The van der Waals surface area contributed by atoms with Gasteiger partial charge in [-0.25, -0.2) is 0 Å². The van der Waals surface area contributed by atoms with E-state index < -0.39 is 12.7 Å². The maximum absolute atomic E-state index is 12.0. The molecule has 0 saturated heterocycles. The summed E-state index contributed by atoms with van der Waals surface area (Å²) in [6, 6.07) is 0. The summed E-state index contributed by atoms with van der Waals surface area (Å²) in [7, 11) is 0. The summed E-state index contributed by atoms with van der Waals surface area (Å²) >= 11 is 5.54. The van der Waals surface area contributed by atoms with Crippen LogP contribution in [0.25, 0.3) is 11.0 Å². The van der Waals surface area contributed by atoms with Gasteiger partial charge in [-0.05, 0) is 11.6 Å². The lowest BCUT2D eigenvalue weighted by molar-refractivity contribution is -0.115. The predicted molar refractivity (Wildman–Crippen MR) is 51.2 cm³/mol. The van der Waals surface area contributed by atoms with E-state index in [1.54, 1.807) is 0 Å². The number of aromatic amines is 1. The molecule has 2 heterocycles. The van der Waals surface area contributed by atoms with Crippen LogP contribution in [0.4, 0.5) is 19.0 Å². The van der Waals surface area contributed by atoms with Gasteiger partial charge in [-0.3, -0.25) is 5.10 Å². The Hall–Kier alpha value is -1.57. The Morgan fingerprint density at radius 2 is 2.12 bits per heavy atom. The number of halogens is 4. The van der Waals surface area contributed by atoms with Crippen LogP contribution < -0.4 is 5.32 Å². The van der Waals surface area contributed by atoms with Crippen LogP contribution in [0.2, 0.25) is 5.28 Å². The molecule has 16 heavy (non-hydrogen) atoms. The molecule has 2 aromatic heterocycles. The molecule has 0 amide bonds. The second-order valence-corrected chi connectivity index (χ2v) is 3.28. The Labute approximate surface area is 92.0 Å². The van der Waals surface area contributed by atoms with Crippen LogP contribution in [-0.2, 0) is 0 Å². The van der Waals surface area contributed by atoms with Gasteiger partial charge in [-0.1, -0.05) is 0 Å². The van der Waals surface area contributed by atoms with Crippen LogP contribution >= 0.6 is 11.6 Å². The van der Waals surface area contributed by atoms with Gasteiger partial charge in [0.05, 0.1) is 11.6 Å². The van der Waals surface area contributed by atoms with E-state index in [2.05, 4.69) is 25.5 Å². The molecule has 2 N–H and O–H groups in total.